The van der Waals surface area contributed by atoms with E-state index < -0.39 is 5.82 Å². The molecule has 0 radical (unpaired) electrons. The van der Waals surface area contributed by atoms with Crippen molar-refractivity contribution < 1.29 is 13.9 Å². The van der Waals surface area contributed by atoms with Crippen LogP contribution >= 0.6 is 0 Å². The smallest absolute Gasteiger partial charge is 0.162 e. The van der Waals surface area contributed by atoms with Gasteiger partial charge in [-0.2, -0.15) is 5.26 Å². The van der Waals surface area contributed by atoms with Crippen molar-refractivity contribution in [3.8, 4) is 17.6 Å². The Morgan fingerprint density at radius 2 is 1.92 bits per heavy atom. The largest absolute Gasteiger partial charge is 0.493 e. The van der Waals surface area contributed by atoms with Gasteiger partial charge in [0.1, 0.15) is 17.4 Å². The van der Waals surface area contributed by atoms with Crippen LogP contribution in [-0.4, -0.2) is 19.2 Å². The lowest BCUT2D eigenvalue weighted by molar-refractivity contribution is 0.355. The maximum absolute atomic E-state index is 13.9. The number of hydrogen-bond acceptors (Lipinski definition) is 5. The van der Waals surface area contributed by atoms with Crippen LogP contribution in [0.5, 0.6) is 11.5 Å². The summed E-state index contributed by atoms with van der Waals surface area (Å²) in [6, 6.07) is 12.0. The van der Waals surface area contributed by atoms with Gasteiger partial charge in [0.15, 0.2) is 11.5 Å². The van der Waals surface area contributed by atoms with Crippen molar-refractivity contribution in [2.45, 2.75) is 0 Å². The Hall–Kier alpha value is -3.33. The van der Waals surface area contributed by atoms with E-state index in [0.717, 1.165) is 0 Å². The standard InChI is InChI=1S/C18H14FN3O2/c1-23-15-7-6-12(8-16(15)24-2)22-17-11(9-20)10-21-18-13(17)4-3-5-14(18)19/h3-8,10H,1-2H3,(H,21,22). The summed E-state index contributed by atoms with van der Waals surface area (Å²) in [5.41, 5.74) is 1.71. The molecule has 1 aromatic heterocycles. The molecule has 0 atom stereocenters. The number of nitrogens with zero attached hydrogens (tertiary/aromatic N) is 2. The van der Waals surface area contributed by atoms with E-state index in [1.165, 1.54) is 12.3 Å². The van der Waals surface area contributed by atoms with Gasteiger partial charge in [-0.25, -0.2) is 4.39 Å². The molecule has 24 heavy (non-hydrogen) atoms. The molecule has 0 amide bonds. The van der Waals surface area contributed by atoms with Gasteiger partial charge >= 0.3 is 0 Å². The molecule has 120 valence electrons. The number of para-hydroxylation sites is 1. The molecule has 0 spiro atoms. The number of nitrogens with one attached hydrogen (secondary N) is 1. The van der Waals surface area contributed by atoms with Gasteiger partial charge in [-0.05, 0) is 18.2 Å². The summed E-state index contributed by atoms with van der Waals surface area (Å²) < 4.78 is 24.4. The molecule has 0 saturated carbocycles. The number of aromatic nitrogens is 1. The van der Waals surface area contributed by atoms with Crippen LogP contribution in [0.1, 0.15) is 5.56 Å². The summed E-state index contributed by atoms with van der Waals surface area (Å²) in [6.45, 7) is 0. The Balaban J connectivity index is 2.13. The average Bonchev–Trinajstić information content (AvgIpc) is 2.62. The van der Waals surface area contributed by atoms with Crippen LogP contribution < -0.4 is 14.8 Å². The monoisotopic (exact) mass is 323 g/mol. The van der Waals surface area contributed by atoms with Crippen LogP contribution in [-0.2, 0) is 0 Å². The normalized spacial score (nSPS) is 10.2. The molecule has 2 aromatic carbocycles. The summed E-state index contributed by atoms with van der Waals surface area (Å²) in [7, 11) is 3.09. The number of pyridine rings is 1. The van der Waals surface area contributed by atoms with Gasteiger partial charge in [0.05, 0.1) is 25.5 Å². The van der Waals surface area contributed by atoms with Crippen LogP contribution in [0.25, 0.3) is 10.9 Å². The van der Waals surface area contributed by atoms with E-state index in [4.69, 9.17) is 9.47 Å². The van der Waals surface area contributed by atoms with E-state index in [1.54, 1.807) is 44.6 Å². The number of methoxy groups -OCH3 is 2. The molecular formula is C18H14FN3O2. The topological polar surface area (TPSA) is 67.2 Å². The number of halogens is 1. The average molecular weight is 323 g/mol. The number of rotatable bonds is 4. The third kappa shape index (κ3) is 2.68. The maximum atomic E-state index is 13.9. The highest BCUT2D eigenvalue weighted by molar-refractivity contribution is 5.96. The summed E-state index contributed by atoms with van der Waals surface area (Å²) in [5, 5.41) is 13.0. The molecule has 1 heterocycles. The van der Waals surface area contributed by atoms with E-state index in [2.05, 4.69) is 16.4 Å². The molecule has 0 unspecified atom stereocenters. The number of anilines is 2. The lowest BCUT2D eigenvalue weighted by atomic mass is 10.1. The summed E-state index contributed by atoms with van der Waals surface area (Å²) in [6.07, 6.45) is 1.36. The van der Waals surface area contributed by atoms with E-state index in [0.29, 0.717) is 33.8 Å². The molecule has 0 saturated heterocycles. The SMILES string of the molecule is COc1ccc(Nc2c(C#N)cnc3c(F)cccc23)cc1OC. The highest BCUT2D eigenvalue weighted by atomic mass is 19.1. The summed E-state index contributed by atoms with van der Waals surface area (Å²) in [4.78, 5) is 4.03. The van der Waals surface area contributed by atoms with Crippen LogP contribution in [0.3, 0.4) is 0 Å². The zero-order valence-electron chi connectivity index (χ0n) is 13.1. The fourth-order valence-corrected chi connectivity index (χ4v) is 2.46. The predicted octanol–water partition coefficient (Wildman–Crippen LogP) is 4.01. The van der Waals surface area contributed by atoms with Crippen molar-refractivity contribution >= 4 is 22.3 Å². The predicted molar refractivity (Wildman–Crippen MR) is 89.2 cm³/mol. The van der Waals surface area contributed by atoms with Gasteiger partial charge in [0, 0.05) is 23.3 Å². The van der Waals surface area contributed by atoms with E-state index in [-0.39, 0.29) is 5.52 Å². The van der Waals surface area contributed by atoms with Crippen LogP contribution in [0.15, 0.2) is 42.6 Å². The molecule has 0 aliphatic heterocycles. The summed E-state index contributed by atoms with van der Waals surface area (Å²) in [5.74, 6) is 0.701. The summed E-state index contributed by atoms with van der Waals surface area (Å²) >= 11 is 0. The van der Waals surface area contributed by atoms with Gasteiger partial charge < -0.3 is 14.8 Å². The van der Waals surface area contributed by atoms with Crippen LogP contribution in [0.2, 0.25) is 0 Å². The highest BCUT2D eigenvalue weighted by Gasteiger charge is 2.13. The maximum Gasteiger partial charge on any atom is 0.162 e. The van der Waals surface area contributed by atoms with Gasteiger partial charge in [-0.15, -0.1) is 0 Å². The fourth-order valence-electron chi connectivity index (χ4n) is 2.46. The van der Waals surface area contributed by atoms with Crippen LogP contribution in [0, 0.1) is 17.1 Å². The number of benzene rings is 2. The Labute approximate surface area is 138 Å². The molecule has 0 aliphatic rings. The first-order valence-electron chi connectivity index (χ1n) is 7.14. The first-order chi connectivity index (χ1) is 11.7. The number of ether oxygens (including phenoxy) is 2. The van der Waals surface area contributed by atoms with Crippen molar-refractivity contribution in [2.24, 2.45) is 0 Å². The minimum Gasteiger partial charge on any atom is -0.493 e. The highest BCUT2D eigenvalue weighted by Crippen LogP contribution is 2.34. The van der Waals surface area contributed by atoms with Crippen molar-refractivity contribution in [3.63, 3.8) is 0 Å². The zero-order chi connectivity index (χ0) is 17.1. The van der Waals surface area contributed by atoms with Gasteiger partial charge in [0.25, 0.3) is 0 Å². The van der Waals surface area contributed by atoms with Gasteiger partial charge in [-0.3, -0.25) is 4.98 Å². The molecule has 0 fully saturated rings. The Morgan fingerprint density at radius 1 is 1.12 bits per heavy atom. The second kappa shape index (κ2) is 6.42. The second-order valence-corrected chi connectivity index (χ2v) is 4.99. The molecule has 3 aromatic rings. The van der Waals surface area contributed by atoms with E-state index >= 15 is 0 Å². The fraction of sp³-hybridized carbons (Fsp3) is 0.111. The minimum absolute atomic E-state index is 0.208. The second-order valence-electron chi connectivity index (χ2n) is 4.99. The van der Waals surface area contributed by atoms with Crippen molar-refractivity contribution in [1.82, 2.24) is 4.98 Å². The third-order valence-corrected chi connectivity index (χ3v) is 3.62. The van der Waals surface area contributed by atoms with Gasteiger partial charge in [0.2, 0.25) is 0 Å². The molecule has 0 bridgehead atoms. The molecule has 3 rings (SSSR count). The lowest BCUT2D eigenvalue weighted by Crippen LogP contribution is -1.99. The van der Waals surface area contributed by atoms with Gasteiger partial charge in [-0.1, -0.05) is 12.1 Å². The molecular weight excluding hydrogens is 309 g/mol. The number of nitriles is 1. The quantitative estimate of drug-likeness (QED) is 0.786. The number of fused-ring (bicyclic) bond motifs is 1. The van der Waals surface area contributed by atoms with E-state index in [9.17, 15) is 9.65 Å². The number of hydrogen-bond donors (Lipinski definition) is 1. The zero-order valence-corrected chi connectivity index (χ0v) is 13.1. The molecule has 0 aliphatic carbocycles. The van der Waals surface area contributed by atoms with Crippen molar-refractivity contribution in [3.05, 3.63) is 54.0 Å². The molecule has 1 N–H and O–H groups in total. The Bertz CT molecular complexity index is 951. The Morgan fingerprint density at radius 3 is 2.62 bits per heavy atom. The minimum atomic E-state index is -0.438. The first kappa shape index (κ1) is 15.6. The lowest BCUT2D eigenvalue weighted by Gasteiger charge is -2.14. The third-order valence-electron chi connectivity index (χ3n) is 3.62. The molecule has 6 heteroatoms. The Kier molecular flexibility index (Phi) is 4.17. The molecule has 5 nitrogen and oxygen atoms in total. The van der Waals surface area contributed by atoms with Crippen LogP contribution in [0.4, 0.5) is 15.8 Å². The van der Waals surface area contributed by atoms with Crippen molar-refractivity contribution in [1.29, 1.82) is 5.26 Å². The van der Waals surface area contributed by atoms with E-state index in [1.807, 2.05) is 0 Å². The van der Waals surface area contributed by atoms with Crippen molar-refractivity contribution in [2.75, 3.05) is 19.5 Å². The first-order valence-corrected chi connectivity index (χ1v) is 7.14.